The number of β-amino-alcohol motifs (C(OH)–C–C–N with tert-alkyl or cyclic N) is 1. The molecule has 0 aromatic heterocycles. The molecule has 92 valence electrons. The average molecular weight is 254 g/mol. The van der Waals surface area contributed by atoms with Crippen molar-refractivity contribution in [3.8, 4) is 0 Å². The minimum atomic E-state index is -0.740. The quantitative estimate of drug-likeness (QED) is 0.874. The zero-order valence-electron chi connectivity index (χ0n) is 9.82. The molecule has 1 fully saturated rings. The largest absolute Gasteiger partial charge is 0.388 e. The molecule has 0 aliphatic carbocycles. The van der Waals surface area contributed by atoms with E-state index in [0.29, 0.717) is 31.0 Å². The van der Waals surface area contributed by atoms with Gasteiger partial charge in [-0.25, -0.2) is 0 Å². The Labute approximate surface area is 106 Å². The lowest BCUT2D eigenvalue weighted by Crippen LogP contribution is -2.34. The van der Waals surface area contributed by atoms with Gasteiger partial charge in [-0.1, -0.05) is 29.8 Å². The van der Waals surface area contributed by atoms with Gasteiger partial charge in [0.2, 0.25) is 5.91 Å². The predicted octanol–water partition coefficient (Wildman–Crippen LogP) is 1.87. The molecule has 1 aromatic rings. The molecule has 0 spiro atoms. The molecule has 1 amide bonds. The lowest BCUT2D eigenvalue weighted by Gasteiger charge is -2.19. The van der Waals surface area contributed by atoms with Crippen LogP contribution in [0.1, 0.15) is 18.9 Å². The molecular weight excluding hydrogens is 238 g/mol. The smallest absolute Gasteiger partial charge is 0.227 e. The van der Waals surface area contributed by atoms with E-state index in [2.05, 4.69) is 0 Å². The monoisotopic (exact) mass is 253 g/mol. The van der Waals surface area contributed by atoms with Crippen molar-refractivity contribution in [1.29, 1.82) is 0 Å². The Bertz CT molecular complexity index is 431. The van der Waals surface area contributed by atoms with Crippen LogP contribution in [0.4, 0.5) is 0 Å². The third-order valence-electron chi connectivity index (χ3n) is 3.10. The summed E-state index contributed by atoms with van der Waals surface area (Å²) in [4.78, 5) is 13.7. The first kappa shape index (κ1) is 12.4. The molecule has 1 aliphatic rings. The summed E-state index contributed by atoms with van der Waals surface area (Å²) in [7, 11) is 0. The number of aliphatic hydroxyl groups is 1. The van der Waals surface area contributed by atoms with Crippen molar-refractivity contribution in [3.63, 3.8) is 0 Å². The second-order valence-electron chi connectivity index (χ2n) is 4.83. The molecule has 1 unspecified atom stereocenters. The summed E-state index contributed by atoms with van der Waals surface area (Å²) in [5.74, 6) is 0.0240. The van der Waals surface area contributed by atoms with Crippen molar-refractivity contribution in [2.45, 2.75) is 25.4 Å². The van der Waals surface area contributed by atoms with Gasteiger partial charge in [0.1, 0.15) is 0 Å². The number of amides is 1. The summed E-state index contributed by atoms with van der Waals surface area (Å²) >= 11 is 6.01. The van der Waals surface area contributed by atoms with E-state index in [0.717, 1.165) is 5.56 Å². The molecule has 4 heteroatoms. The van der Waals surface area contributed by atoms with Crippen LogP contribution in [0.15, 0.2) is 24.3 Å². The number of nitrogens with zero attached hydrogens (tertiary/aromatic N) is 1. The van der Waals surface area contributed by atoms with Crippen LogP contribution in [-0.4, -0.2) is 34.6 Å². The van der Waals surface area contributed by atoms with Gasteiger partial charge in [-0.15, -0.1) is 0 Å². The van der Waals surface area contributed by atoms with Gasteiger partial charge in [-0.3, -0.25) is 4.79 Å². The second kappa shape index (κ2) is 4.67. The normalized spacial score (nSPS) is 24.1. The molecule has 0 bridgehead atoms. The Morgan fingerprint density at radius 1 is 1.53 bits per heavy atom. The van der Waals surface area contributed by atoms with E-state index in [1.165, 1.54) is 0 Å². The zero-order valence-corrected chi connectivity index (χ0v) is 10.6. The van der Waals surface area contributed by atoms with E-state index in [1.54, 1.807) is 17.9 Å². The minimum absolute atomic E-state index is 0.0240. The third-order valence-corrected chi connectivity index (χ3v) is 3.47. The summed E-state index contributed by atoms with van der Waals surface area (Å²) in [6, 6.07) is 7.35. The average Bonchev–Trinajstić information content (AvgIpc) is 2.62. The van der Waals surface area contributed by atoms with Gasteiger partial charge < -0.3 is 10.0 Å². The fraction of sp³-hybridized carbons (Fsp3) is 0.462. The lowest BCUT2D eigenvalue weighted by molar-refractivity contribution is -0.130. The number of carbonyl (C=O) groups excluding carboxylic acids is 1. The van der Waals surface area contributed by atoms with Gasteiger partial charge in [-0.05, 0) is 25.0 Å². The molecule has 1 N–H and O–H groups in total. The number of carbonyl (C=O) groups is 1. The molecular formula is C13H16ClNO2. The van der Waals surface area contributed by atoms with E-state index in [1.807, 2.05) is 18.2 Å². The van der Waals surface area contributed by atoms with Crippen molar-refractivity contribution in [2.75, 3.05) is 13.1 Å². The van der Waals surface area contributed by atoms with E-state index in [9.17, 15) is 9.90 Å². The highest BCUT2D eigenvalue weighted by Crippen LogP contribution is 2.22. The molecule has 1 aliphatic heterocycles. The lowest BCUT2D eigenvalue weighted by atomic mass is 10.1. The summed E-state index contributed by atoms with van der Waals surface area (Å²) in [5, 5.41) is 10.4. The summed E-state index contributed by atoms with van der Waals surface area (Å²) in [6.07, 6.45) is 0.941. The third kappa shape index (κ3) is 2.99. The van der Waals surface area contributed by atoms with Crippen molar-refractivity contribution in [1.82, 2.24) is 4.90 Å². The van der Waals surface area contributed by atoms with Crippen LogP contribution in [0.2, 0.25) is 5.02 Å². The molecule has 17 heavy (non-hydrogen) atoms. The van der Waals surface area contributed by atoms with Gasteiger partial charge in [-0.2, -0.15) is 0 Å². The molecule has 1 saturated heterocycles. The van der Waals surface area contributed by atoms with E-state index >= 15 is 0 Å². The Morgan fingerprint density at radius 2 is 2.24 bits per heavy atom. The van der Waals surface area contributed by atoms with E-state index in [4.69, 9.17) is 11.6 Å². The highest BCUT2D eigenvalue weighted by molar-refractivity contribution is 6.31. The first-order valence-corrected chi connectivity index (χ1v) is 6.09. The van der Waals surface area contributed by atoms with Crippen LogP contribution in [0.3, 0.4) is 0 Å². The highest BCUT2D eigenvalue weighted by Gasteiger charge is 2.33. The van der Waals surface area contributed by atoms with Crippen LogP contribution in [0, 0.1) is 0 Å². The van der Waals surface area contributed by atoms with Crippen LogP contribution < -0.4 is 0 Å². The van der Waals surface area contributed by atoms with Crippen LogP contribution in [-0.2, 0) is 11.2 Å². The standard InChI is InChI=1S/C13H16ClNO2/c1-13(17)6-7-15(9-13)12(16)8-10-4-2-3-5-11(10)14/h2-5,17H,6-9H2,1H3. The Hall–Kier alpha value is -1.06. The van der Waals surface area contributed by atoms with Gasteiger partial charge >= 0.3 is 0 Å². The zero-order chi connectivity index (χ0) is 12.5. The number of hydrogen-bond acceptors (Lipinski definition) is 2. The molecule has 1 atom stereocenters. The minimum Gasteiger partial charge on any atom is -0.388 e. The van der Waals surface area contributed by atoms with E-state index < -0.39 is 5.60 Å². The Kier molecular flexibility index (Phi) is 3.40. The first-order chi connectivity index (χ1) is 7.98. The predicted molar refractivity (Wildman–Crippen MR) is 67.0 cm³/mol. The first-order valence-electron chi connectivity index (χ1n) is 5.71. The molecule has 1 aromatic carbocycles. The summed E-state index contributed by atoms with van der Waals surface area (Å²) < 4.78 is 0. The number of likely N-dealkylation sites (tertiary alicyclic amines) is 1. The number of benzene rings is 1. The highest BCUT2D eigenvalue weighted by atomic mass is 35.5. The molecule has 0 radical (unpaired) electrons. The maximum Gasteiger partial charge on any atom is 0.227 e. The fourth-order valence-electron chi connectivity index (χ4n) is 2.07. The maximum atomic E-state index is 12.0. The van der Waals surface area contributed by atoms with Crippen molar-refractivity contribution < 1.29 is 9.90 Å². The number of halogens is 1. The molecule has 2 rings (SSSR count). The Balaban J connectivity index is 2.01. The second-order valence-corrected chi connectivity index (χ2v) is 5.24. The molecule has 0 saturated carbocycles. The SMILES string of the molecule is CC1(O)CCN(C(=O)Cc2ccccc2Cl)C1. The topological polar surface area (TPSA) is 40.5 Å². The van der Waals surface area contributed by atoms with Crippen molar-refractivity contribution in [3.05, 3.63) is 34.9 Å². The molecule has 3 nitrogen and oxygen atoms in total. The van der Waals surface area contributed by atoms with Crippen LogP contribution in [0.25, 0.3) is 0 Å². The number of rotatable bonds is 2. The Morgan fingerprint density at radius 3 is 2.82 bits per heavy atom. The van der Waals surface area contributed by atoms with Gasteiger partial charge in [0, 0.05) is 18.1 Å². The summed E-state index contributed by atoms with van der Waals surface area (Å²) in [5.41, 5.74) is 0.0987. The van der Waals surface area contributed by atoms with Gasteiger partial charge in [0.25, 0.3) is 0 Å². The van der Waals surface area contributed by atoms with Gasteiger partial charge in [0.15, 0.2) is 0 Å². The summed E-state index contributed by atoms with van der Waals surface area (Å²) in [6.45, 7) is 2.79. The van der Waals surface area contributed by atoms with Gasteiger partial charge in [0.05, 0.1) is 12.0 Å². The maximum absolute atomic E-state index is 12.0. The van der Waals surface area contributed by atoms with Crippen molar-refractivity contribution in [2.24, 2.45) is 0 Å². The van der Waals surface area contributed by atoms with Crippen LogP contribution in [0.5, 0.6) is 0 Å². The van der Waals surface area contributed by atoms with E-state index in [-0.39, 0.29) is 5.91 Å². The molecule has 1 heterocycles. The number of hydrogen-bond donors (Lipinski definition) is 1. The fourth-order valence-corrected chi connectivity index (χ4v) is 2.28. The van der Waals surface area contributed by atoms with Crippen molar-refractivity contribution >= 4 is 17.5 Å². The van der Waals surface area contributed by atoms with Crippen LogP contribution >= 0.6 is 11.6 Å².